The van der Waals surface area contributed by atoms with E-state index in [9.17, 15) is 9.59 Å². The second-order valence-corrected chi connectivity index (χ2v) is 11.2. The lowest BCUT2D eigenvalue weighted by Gasteiger charge is -2.24. The monoisotopic (exact) mass is 508 g/mol. The number of carbonyl (C=O) groups excluding carboxylic acids is 2. The molecule has 1 aliphatic carbocycles. The van der Waals surface area contributed by atoms with Gasteiger partial charge in [0.05, 0.1) is 25.9 Å². The van der Waals surface area contributed by atoms with Crippen LogP contribution in [0, 0.1) is 12.8 Å². The second kappa shape index (κ2) is 12.1. The summed E-state index contributed by atoms with van der Waals surface area (Å²) in [5.41, 5.74) is 5.72. The lowest BCUT2D eigenvalue weighted by molar-refractivity contribution is -0.148. The quantitative estimate of drug-likeness (QED) is 0.362. The minimum absolute atomic E-state index is 0.1000. The van der Waals surface area contributed by atoms with E-state index in [1.165, 1.54) is 5.57 Å². The predicted octanol–water partition coefficient (Wildman–Crippen LogP) is 2.94. The highest BCUT2D eigenvalue weighted by Crippen LogP contribution is 2.28. The van der Waals surface area contributed by atoms with Gasteiger partial charge in [-0.3, -0.25) is 4.79 Å². The summed E-state index contributed by atoms with van der Waals surface area (Å²) >= 11 is 0. The summed E-state index contributed by atoms with van der Waals surface area (Å²) in [5.74, 6) is 0.177. The van der Waals surface area contributed by atoms with Crippen molar-refractivity contribution in [1.29, 1.82) is 0 Å². The van der Waals surface area contributed by atoms with Crippen molar-refractivity contribution in [2.45, 2.75) is 71.5 Å². The van der Waals surface area contributed by atoms with Gasteiger partial charge in [0.25, 0.3) is 5.91 Å². The third kappa shape index (κ3) is 7.81. The van der Waals surface area contributed by atoms with Crippen molar-refractivity contribution in [2.24, 2.45) is 5.92 Å². The third-order valence-electron chi connectivity index (χ3n) is 7.00. The Bertz CT molecular complexity index is 1180. The largest absolute Gasteiger partial charge is 0.457 e. The molecule has 1 saturated carbocycles. The van der Waals surface area contributed by atoms with E-state index < -0.39 is 5.60 Å². The van der Waals surface area contributed by atoms with Gasteiger partial charge in [-0.2, -0.15) is 0 Å². The summed E-state index contributed by atoms with van der Waals surface area (Å²) in [4.78, 5) is 27.3. The first-order valence-corrected chi connectivity index (χ1v) is 13.4. The Morgan fingerprint density at radius 1 is 1.22 bits per heavy atom. The fraction of sp³-hybridized carbons (Fsp3) is 0.567. The molecule has 0 radical (unpaired) electrons. The molecule has 2 unspecified atom stereocenters. The maximum Gasteiger partial charge on any atom is 0.331 e. The van der Waals surface area contributed by atoms with Gasteiger partial charge in [0.15, 0.2) is 0 Å². The third-order valence-corrected chi connectivity index (χ3v) is 7.00. The van der Waals surface area contributed by atoms with Gasteiger partial charge in [0, 0.05) is 47.6 Å². The van der Waals surface area contributed by atoms with E-state index in [0.717, 1.165) is 54.6 Å². The average Bonchev–Trinajstić information content (AvgIpc) is 3.07. The van der Waals surface area contributed by atoms with E-state index in [1.807, 2.05) is 46.0 Å². The van der Waals surface area contributed by atoms with E-state index in [0.29, 0.717) is 37.8 Å². The molecule has 0 spiro atoms. The van der Waals surface area contributed by atoms with Crippen LogP contribution in [0.2, 0.25) is 0 Å². The van der Waals surface area contributed by atoms with Crippen molar-refractivity contribution in [2.75, 3.05) is 32.9 Å². The molecule has 3 aliphatic rings. The summed E-state index contributed by atoms with van der Waals surface area (Å²) in [6.45, 7) is 10.7. The molecule has 2 fully saturated rings. The van der Waals surface area contributed by atoms with Crippen molar-refractivity contribution in [3.8, 4) is 0 Å². The van der Waals surface area contributed by atoms with Crippen LogP contribution in [0.4, 0.5) is 0 Å². The van der Waals surface area contributed by atoms with Crippen molar-refractivity contribution >= 4 is 23.8 Å². The summed E-state index contributed by atoms with van der Waals surface area (Å²) < 4.78 is 16.5. The van der Waals surface area contributed by atoms with Crippen LogP contribution >= 0.6 is 0 Å². The van der Waals surface area contributed by atoms with Gasteiger partial charge in [-0.1, -0.05) is 11.3 Å². The predicted molar refractivity (Wildman–Crippen MR) is 143 cm³/mol. The van der Waals surface area contributed by atoms with Crippen molar-refractivity contribution in [3.63, 3.8) is 0 Å². The molecule has 1 saturated heterocycles. The highest BCUT2D eigenvalue weighted by Gasteiger charge is 2.21. The number of fused-ring (bicyclic) bond motifs is 1. The smallest absolute Gasteiger partial charge is 0.331 e. The number of esters is 1. The molecule has 37 heavy (non-hydrogen) atoms. The summed E-state index contributed by atoms with van der Waals surface area (Å²) in [7, 11) is 0. The second-order valence-electron chi connectivity index (χ2n) is 11.2. The molecule has 2 heterocycles. The van der Waals surface area contributed by atoms with Gasteiger partial charge >= 0.3 is 5.97 Å². The molecule has 200 valence electrons. The number of rotatable bonds is 6. The molecule has 7 heteroatoms. The van der Waals surface area contributed by atoms with Crippen LogP contribution in [0.25, 0.3) is 11.9 Å². The highest BCUT2D eigenvalue weighted by atomic mass is 16.6. The molecule has 1 N–H and O–H groups in total. The molecule has 0 bridgehead atoms. The molecule has 0 aromatic heterocycles. The van der Waals surface area contributed by atoms with Gasteiger partial charge in [-0.05, 0) is 83.4 Å². The Morgan fingerprint density at radius 2 is 2.05 bits per heavy atom. The zero-order valence-corrected chi connectivity index (χ0v) is 22.6. The zero-order valence-electron chi connectivity index (χ0n) is 22.6. The zero-order chi connectivity index (χ0) is 26.4. The van der Waals surface area contributed by atoms with Gasteiger partial charge < -0.3 is 24.4 Å². The van der Waals surface area contributed by atoms with E-state index in [1.54, 1.807) is 6.08 Å². The highest BCUT2D eigenvalue weighted by molar-refractivity contribution is 5.95. The standard InChI is InChI=1S/C30H40N2O5/c1-21-26(29(34)31-17-25-20-35-14-15-36-25)11-10-24-12-13-32(19-27(21)24)18-23-7-5-6-22(8-9-23)16-28(33)37-30(2,3)4/h10-11,13,16,19,23,25H,5-9,14-15,17-18,20H2,1-4H3,(H,31,34)/b22-16-. The fourth-order valence-corrected chi connectivity index (χ4v) is 5.08. The van der Waals surface area contributed by atoms with E-state index in [-0.39, 0.29) is 18.0 Å². The van der Waals surface area contributed by atoms with Gasteiger partial charge in [-0.15, -0.1) is 0 Å². The van der Waals surface area contributed by atoms with Crippen molar-refractivity contribution < 1.29 is 23.8 Å². The first kappa shape index (κ1) is 27.2. The first-order chi connectivity index (χ1) is 17.7. The van der Waals surface area contributed by atoms with E-state index in [4.69, 9.17) is 14.2 Å². The maximum atomic E-state index is 12.9. The van der Waals surface area contributed by atoms with E-state index in [2.05, 4.69) is 22.1 Å². The Balaban J connectivity index is 1.38. The number of benzene rings is 1. The van der Waals surface area contributed by atoms with Crippen LogP contribution in [0.5, 0.6) is 0 Å². The molecule has 1 aromatic carbocycles. The number of hydrogen-bond donors (Lipinski definition) is 1. The molecule has 2 atom stereocenters. The number of amides is 1. The van der Waals surface area contributed by atoms with Crippen molar-refractivity contribution in [3.05, 3.63) is 51.5 Å². The van der Waals surface area contributed by atoms with Crippen LogP contribution in [-0.2, 0) is 19.0 Å². The summed E-state index contributed by atoms with van der Waals surface area (Å²) in [6, 6.07) is 3.83. The van der Waals surface area contributed by atoms with Crippen molar-refractivity contribution in [1.82, 2.24) is 10.2 Å². The van der Waals surface area contributed by atoms with Gasteiger partial charge in [0.2, 0.25) is 0 Å². The van der Waals surface area contributed by atoms with Crippen LogP contribution in [-0.4, -0.2) is 61.4 Å². The Labute approximate surface area is 219 Å². The van der Waals surface area contributed by atoms with Crippen LogP contribution < -0.4 is 15.8 Å². The number of ether oxygens (including phenoxy) is 3. The lowest BCUT2D eigenvalue weighted by atomic mass is 9.99. The SMILES string of the molecule is Cc1c(C(=O)NCC2COCCO2)ccc2c1=CN(CC1CCC/C(=C/C(=O)OC(C)(C)C)CC1)C=C=2. The van der Waals surface area contributed by atoms with Crippen LogP contribution in [0.15, 0.2) is 30.0 Å². The number of nitrogens with zero attached hydrogens (tertiary/aromatic N) is 1. The Kier molecular flexibility index (Phi) is 8.91. The molecular weight excluding hydrogens is 468 g/mol. The molecule has 4 rings (SSSR count). The normalized spacial score (nSPS) is 22.9. The molecular formula is C30H40N2O5. The Morgan fingerprint density at radius 3 is 2.81 bits per heavy atom. The molecule has 1 amide bonds. The molecule has 1 aromatic rings. The minimum atomic E-state index is -0.470. The average molecular weight is 509 g/mol. The first-order valence-electron chi connectivity index (χ1n) is 13.4. The number of allylic oxidation sites excluding steroid dienone is 1. The van der Waals surface area contributed by atoms with Crippen LogP contribution in [0.1, 0.15) is 68.8 Å². The maximum absolute atomic E-state index is 12.9. The van der Waals surface area contributed by atoms with Gasteiger partial charge in [-0.25, -0.2) is 4.79 Å². The van der Waals surface area contributed by atoms with Crippen LogP contribution in [0.3, 0.4) is 0 Å². The molecule has 7 nitrogen and oxygen atoms in total. The number of carbonyl (C=O) groups is 2. The fourth-order valence-electron chi connectivity index (χ4n) is 5.08. The van der Waals surface area contributed by atoms with Gasteiger partial charge in [0.1, 0.15) is 5.60 Å². The lowest BCUT2D eigenvalue weighted by Crippen LogP contribution is -2.41. The topological polar surface area (TPSA) is 77.1 Å². The minimum Gasteiger partial charge on any atom is -0.457 e. The Hall–Kier alpha value is -2.86. The molecule has 2 aliphatic heterocycles. The number of nitrogens with one attached hydrogen (secondary N) is 1. The number of hydrogen-bond acceptors (Lipinski definition) is 6. The summed E-state index contributed by atoms with van der Waals surface area (Å²) in [6.07, 6.45) is 10.8. The van der Waals surface area contributed by atoms with E-state index >= 15 is 0 Å². The summed E-state index contributed by atoms with van der Waals surface area (Å²) in [5, 5.41) is 5.02.